The van der Waals surface area contributed by atoms with E-state index in [1.807, 2.05) is 17.6 Å². The average Bonchev–Trinajstić information content (AvgIpc) is 2.45. The summed E-state index contributed by atoms with van der Waals surface area (Å²) in [6.45, 7) is 0.423. The van der Waals surface area contributed by atoms with Crippen LogP contribution in [0.4, 0.5) is 11.4 Å². The predicted octanol–water partition coefficient (Wildman–Crippen LogP) is 1.84. The number of hydrogen-bond donors (Lipinski definition) is 2. The van der Waals surface area contributed by atoms with E-state index in [-0.39, 0.29) is 16.3 Å². The van der Waals surface area contributed by atoms with Crippen LogP contribution in [0.2, 0.25) is 0 Å². The molecule has 1 heterocycles. The molecule has 1 aliphatic rings. The third-order valence-corrected chi connectivity index (χ3v) is 4.40. The van der Waals surface area contributed by atoms with Crippen molar-refractivity contribution < 1.29 is 13.3 Å². The van der Waals surface area contributed by atoms with Crippen molar-refractivity contribution in [3.05, 3.63) is 51.4 Å². The quantitative estimate of drug-likeness (QED) is 0.630. The van der Waals surface area contributed by atoms with Crippen LogP contribution in [0.1, 0.15) is 0 Å². The Morgan fingerprint density at radius 1 is 1.43 bits per heavy atom. The number of nitrogens with one attached hydrogen (secondary N) is 1. The van der Waals surface area contributed by atoms with Crippen molar-refractivity contribution in [3.8, 4) is 0 Å². The summed E-state index contributed by atoms with van der Waals surface area (Å²) in [4.78, 5) is 10.1. The summed E-state index contributed by atoms with van der Waals surface area (Å²) in [6.07, 6.45) is 3.94. The minimum absolute atomic E-state index is 0.250. The second kappa shape index (κ2) is 6.29. The first-order valence-electron chi connectivity index (χ1n) is 5.90. The van der Waals surface area contributed by atoms with E-state index in [0.29, 0.717) is 6.54 Å². The van der Waals surface area contributed by atoms with Gasteiger partial charge in [0.15, 0.2) is 0 Å². The van der Waals surface area contributed by atoms with Crippen LogP contribution in [0.5, 0.6) is 0 Å². The van der Waals surface area contributed by atoms with Crippen molar-refractivity contribution in [2.75, 3.05) is 17.6 Å². The van der Waals surface area contributed by atoms with Gasteiger partial charge in [0.2, 0.25) is 10.0 Å². The van der Waals surface area contributed by atoms with E-state index in [9.17, 15) is 18.5 Å². The van der Waals surface area contributed by atoms with Crippen molar-refractivity contribution in [2.24, 2.45) is 5.14 Å². The Morgan fingerprint density at radius 2 is 2.19 bits per heavy atom. The van der Waals surface area contributed by atoms with Gasteiger partial charge in [-0.2, -0.15) is 0 Å². The van der Waals surface area contributed by atoms with Crippen molar-refractivity contribution >= 4 is 33.2 Å². The monoisotopic (exact) mass is 327 g/mol. The fraction of sp³-hybridized carbons (Fsp3) is 0.167. The fourth-order valence-electron chi connectivity index (χ4n) is 1.73. The van der Waals surface area contributed by atoms with Gasteiger partial charge in [0.05, 0.1) is 9.82 Å². The second-order valence-electron chi connectivity index (χ2n) is 4.25. The lowest BCUT2D eigenvalue weighted by molar-refractivity contribution is -0.384. The molecule has 1 aliphatic heterocycles. The molecular weight excluding hydrogens is 314 g/mol. The molecule has 7 nitrogen and oxygen atoms in total. The first-order chi connectivity index (χ1) is 9.88. The standard InChI is InChI=1S/C12H13N3O4S2/c13-21(18,19)10-1-2-11(12(7-10)15(16)17)14-8-9-3-5-20-6-4-9/h1-5,7,14H,6,8H2,(H2,13,18,19). The molecule has 0 saturated heterocycles. The summed E-state index contributed by atoms with van der Waals surface area (Å²) in [5, 5.41) is 20.9. The first-order valence-corrected chi connectivity index (χ1v) is 8.50. The van der Waals surface area contributed by atoms with Gasteiger partial charge >= 0.3 is 0 Å². The van der Waals surface area contributed by atoms with E-state index in [4.69, 9.17) is 5.14 Å². The van der Waals surface area contributed by atoms with Gasteiger partial charge in [0, 0.05) is 18.4 Å². The molecule has 1 aromatic carbocycles. The molecular formula is C12H13N3O4S2. The minimum Gasteiger partial charge on any atom is -0.375 e. The molecule has 9 heteroatoms. The molecule has 21 heavy (non-hydrogen) atoms. The van der Waals surface area contributed by atoms with Crippen LogP contribution in [0.25, 0.3) is 0 Å². The minimum atomic E-state index is -3.97. The molecule has 0 atom stereocenters. The topological polar surface area (TPSA) is 115 Å². The highest BCUT2D eigenvalue weighted by Crippen LogP contribution is 2.27. The van der Waals surface area contributed by atoms with Crippen molar-refractivity contribution in [1.29, 1.82) is 0 Å². The van der Waals surface area contributed by atoms with Crippen molar-refractivity contribution in [1.82, 2.24) is 0 Å². The Kier molecular flexibility index (Phi) is 4.66. The third-order valence-electron chi connectivity index (χ3n) is 2.80. The maximum absolute atomic E-state index is 11.2. The number of sulfonamides is 1. The number of anilines is 1. The number of primary sulfonamides is 1. The number of hydrogen-bond acceptors (Lipinski definition) is 6. The van der Waals surface area contributed by atoms with Crippen molar-refractivity contribution in [3.63, 3.8) is 0 Å². The van der Waals surface area contributed by atoms with E-state index in [2.05, 4.69) is 5.32 Å². The maximum Gasteiger partial charge on any atom is 0.293 e. The Hall–Kier alpha value is -1.84. The van der Waals surface area contributed by atoms with Gasteiger partial charge < -0.3 is 5.32 Å². The molecule has 0 fully saturated rings. The number of nitrogens with two attached hydrogens (primary N) is 1. The van der Waals surface area contributed by atoms with Crippen LogP contribution in [0.3, 0.4) is 0 Å². The number of nitro groups is 1. The van der Waals surface area contributed by atoms with Gasteiger partial charge in [-0.25, -0.2) is 13.6 Å². The van der Waals surface area contributed by atoms with E-state index in [1.54, 1.807) is 11.8 Å². The van der Waals surface area contributed by atoms with E-state index < -0.39 is 14.9 Å². The molecule has 0 unspecified atom stereocenters. The average molecular weight is 327 g/mol. The molecule has 0 aromatic heterocycles. The predicted molar refractivity (Wildman–Crippen MR) is 82.6 cm³/mol. The second-order valence-corrected chi connectivity index (χ2v) is 6.75. The molecule has 0 spiro atoms. The number of rotatable bonds is 5. The maximum atomic E-state index is 11.2. The summed E-state index contributed by atoms with van der Waals surface area (Å²) in [6, 6.07) is 3.55. The first kappa shape index (κ1) is 15.5. The number of thioether (sulfide) groups is 1. The normalized spacial score (nSPS) is 14.6. The Bertz CT molecular complexity index is 726. The van der Waals surface area contributed by atoms with E-state index in [0.717, 1.165) is 17.4 Å². The zero-order valence-corrected chi connectivity index (χ0v) is 12.5. The fourth-order valence-corrected chi connectivity index (χ4v) is 2.96. The highest BCUT2D eigenvalue weighted by molar-refractivity contribution is 8.02. The van der Waals surface area contributed by atoms with Crippen LogP contribution < -0.4 is 10.5 Å². The van der Waals surface area contributed by atoms with Gasteiger partial charge in [-0.3, -0.25) is 10.1 Å². The van der Waals surface area contributed by atoms with E-state index in [1.165, 1.54) is 12.1 Å². The van der Waals surface area contributed by atoms with Gasteiger partial charge in [0.1, 0.15) is 5.69 Å². The third kappa shape index (κ3) is 4.06. The zero-order valence-electron chi connectivity index (χ0n) is 10.9. The molecule has 0 amide bonds. The molecule has 3 N–H and O–H groups in total. The SMILES string of the molecule is NS(=O)(=O)c1ccc(NCC2=CCSC=C2)c([N+](=O)[O-])c1. The largest absolute Gasteiger partial charge is 0.375 e. The summed E-state index contributed by atoms with van der Waals surface area (Å²) >= 11 is 1.66. The van der Waals surface area contributed by atoms with Crippen LogP contribution in [-0.2, 0) is 10.0 Å². The van der Waals surface area contributed by atoms with Gasteiger partial charge in [-0.1, -0.05) is 12.2 Å². The van der Waals surface area contributed by atoms with E-state index >= 15 is 0 Å². The summed E-state index contributed by atoms with van der Waals surface area (Å²) < 4.78 is 22.5. The molecule has 0 radical (unpaired) electrons. The van der Waals surface area contributed by atoms with Crippen LogP contribution >= 0.6 is 11.8 Å². The Balaban J connectivity index is 2.25. The van der Waals surface area contributed by atoms with Gasteiger partial charge in [0.25, 0.3) is 5.69 Å². The zero-order chi connectivity index (χ0) is 15.5. The van der Waals surface area contributed by atoms with Crippen LogP contribution in [0, 0.1) is 10.1 Å². The number of nitrogens with zero attached hydrogens (tertiary/aromatic N) is 1. The highest BCUT2D eigenvalue weighted by atomic mass is 32.2. The summed E-state index contributed by atoms with van der Waals surface area (Å²) in [5.74, 6) is 0.861. The summed E-state index contributed by atoms with van der Waals surface area (Å²) in [7, 11) is -3.97. The molecule has 0 aliphatic carbocycles. The Labute approximate surface area is 126 Å². The highest BCUT2D eigenvalue weighted by Gasteiger charge is 2.18. The molecule has 1 aromatic rings. The number of nitro benzene ring substituents is 1. The molecule has 0 saturated carbocycles. The van der Waals surface area contributed by atoms with Crippen LogP contribution in [-0.4, -0.2) is 25.6 Å². The lowest BCUT2D eigenvalue weighted by Gasteiger charge is -2.10. The number of benzene rings is 1. The van der Waals surface area contributed by atoms with Gasteiger partial charge in [-0.05, 0) is 23.1 Å². The smallest absolute Gasteiger partial charge is 0.293 e. The van der Waals surface area contributed by atoms with Crippen LogP contribution in [0.15, 0.2) is 46.2 Å². The lowest BCUT2D eigenvalue weighted by atomic mass is 10.2. The Morgan fingerprint density at radius 3 is 2.76 bits per heavy atom. The molecule has 112 valence electrons. The van der Waals surface area contributed by atoms with Gasteiger partial charge in [-0.15, -0.1) is 11.8 Å². The lowest BCUT2D eigenvalue weighted by Crippen LogP contribution is -2.13. The summed E-state index contributed by atoms with van der Waals surface area (Å²) in [5.41, 5.74) is 0.940. The molecule has 2 rings (SSSR count). The van der Waals surface area contributed by atoms with Crippen molar-refractivity contribution in [2.45, 2.75) is 4.90 Å². The molecule has 0 bridgehead atoms.